The van der Waals surface area contributed by atoms with Crippen molar-refractivity contribution in [1.29, 1.82) is 0 Å². The number of ether oxygens (including phenoxy) is 1. The molecule has 0 spiro atoms. The monoisotopic (exact) mass is 280 g/mol. The molecule has 0 radical (unpaired) electrons. The van der Waals surface area contributed by atoms with Crippen molar-refractivity contribution in [2.24, 2.45) is 0 Å². The first-order valence-electron chi connectivity index (χ1n) is 6.46. The molecule has 2 aromatic rings. The van der Waals surface area contributed by atoms with Crippen LogP contribution in [0.25, 0.3) is 11.5 Å². The predicted molar refractivity (Wildman–Crippen MR) is 74.4 cm³/mol. The van der Waals surface area contributed by atoms with Gasteiger partial charge in [-0.1, -0.05) is 30.6 Å². The summed E-state index contributed by atoms with van der Waals surface area (Å²) < 4.78 is 10.8. The fraction of sp³-hybridized carbons (Fsp3) is 0.429. The standard InChI is InChI=1S/C14H17ClN2O2/c1-3-7-11(15)13-16-14(19-17-13)10-8-5-6-9-12(10)18-4-2/h5-6,8-9,11H,3-4,7H2,1-2H3. The lowest BCUT2D eigenvalue weighted by molar-refractivity contribution is 0.339. The summed E-state index contributed by atoms with van der Waals surface area (Å²) in [6, 6.07) is 7.59. The molecule has 0 saturated carbocycles. The molecular formula is C14H17ClN2O2. The van der Waals surface area contributed by atoms with E-state index in [1.165, 1.54) is 0 Å². The molecule has 0 aliphatic rings. The Balaban J connectivity index is 2.27. The number of alkyl halides is 1. The first-order valence-corrected chi connectivity index (χ1v) is 6.89. The molecule has 1 unspecified atom stereocenters. The molecule has 1 atom stereocenters. The highest BCUT2D eigenvalue weighted by Crippen LogP contribution is 2.31. The van der Waals surface area contributed by atoms with E-state index in [0.717, 1.165) is 24.2 Å². The molecule has 0 aliphatic heterocycles. The zero-order chi connectivity index (χ0) is 13.7. The van der Waals surface area contributed by atoms with Crippen LogP contribution in [0.15, 0.2) is 28.8 Å². The van der Waals surface area contributed by atoms with Crippen LogP contribution in [0.4, 0.5) is 0 Å². The van der Waals surface area contributed by atoms with Crippen molar-refractivity contribution < 1.29 is 9.26 Å². The molecule has 19 heavy (non-hydrogen) atoms. The average Bonchev–Trinajstić information content (AvgIpc) is 2.90. The molecule has 2 rings (SSSR count). The van der Waals surface area contributed by atoms with Gasteiger partial charge in [0.15, 0.2) is 5.82 Å². The topological polar surface area (TPSA) is 48.2 Å². The maximum absolute atomic E-state index is 6.19. The Morgan fingerprint density at radius 2 is 2.11 bits per heavy atom. The summed E-state index contributed by atoms with van der Waals surface area (Å²) in [7, 11) is 0. The third-order valence-electron chi connectivity index (χ3n) is 2.68. The molecule has 0 fully saturated rings. The quantitative estimate of drug-likeness (QED) is 0.744. The lowest BCUT2D eigenvalue weighted by Crippen LogP contribution is -1.95. The Morgan fingerprint density at radius 3 is 2.84 bits per heavy atom. The van der Waals surface area contributed by atoms with Crippen molar-refractivity contribution in [3.63, 3.8) is 0 Å². The van der Waals surface area contributed by atoms with Gasteiger partial charge in [0.05, 0.1) is 17.5 Å². The highest BCUT2D eigenvalue weighted by Gasteiger charge is 2.18. The highest BCUT2D eigenvalue weighted by atomic mass is 35.5. The van der Waals surface area contributed by atoms with Crippen LogP contribution >= 0.6 is 11.6 Å². The summed E-state index contributed by atoms with van der Waals surface area (Å²) in [4.78, 5) is 4.35. The van der Waals surface area contributed by atoms with Gasteiger partial charge in [-0.2, -0.15) is 4.98 Å². The number of halogens is 1. The maximum atomic E-state index is 6.19. The third-order valence-corrected chi connectivity index (χ3v) is 3.09. The Morgan fingerprint density at radius 1 is 1.32 bits per heavy atom. The molecule has 4 nitrogen and oxygen atoms in total. The second-order valence-corrected chi connectivity index (χ2v) is 4.67. The van der Waals surface area contributed by atoms with E-state index in [1.807, 2.05) is 31.2 Å². The number of aromatic nitrogens is 2. The van der Waals surface area contributed by atoms with Gasteiger partial charge in [0.2, 0.25) is 0 Å². The predicted octanol–water partition coefficient (Wildman–Crippen LogP) is 4.22. The zero-order valence-electron chi connectivity index (χ0n) is 11.1. The van der Waals surface area contributed by atoms with Crippen LogP contribution in [-0.4, -0.2) is 16.7 Å². The van der Waals surface area contributed by atoms with E-state index in [1.54, 1.807) is 0 Å². The fourth-order valence-electron chi connectivity index (χ4n) is 1.78. The van der Waals surface area contributed by atoms with Crippen molar-refractivity contribution in [2.75, 3.05) is 6.61 Å². The van der Waals surface area contributed by atoms with Gasteiger partial charge in [0.25, 0.3) is 5.89 Å². The second-order valence-electron chi connectivity index (χ2n) is 4.14. The van der Waals surface area contributed by atoms with Crippen LogP contribution in [0.2, 0.25) is 0 Å². The van der Waals surface area contributed by atoms with Crippen LogP contribution in [0.1, 0.15) is 37.9 Å². The Kier molecular flexibility index (Phi) is 4.80. The minimum atomic E-state index is -0.207. The smallest absolute Gasteiger partial charge is 0.261 e. The molecular weight excluding hydrogens is 264 g/mol. The summed E-state index contributed by atoms with van der Waals surface area (Å²) >= 11 is 6.19. The lowest BCUT2D eigenvalue weighted by atomic mass is 10.2. The summed E-state index contributed by atoms with van der Waals surface area (Å²) in [5, 5.41) is 3.73. The Bertz CT molecular complexity index is 528. The van der Waals surface area contributed by atoms with Gasteiger partial charge >= 0.3 is 0 Å². The normalized spacial score (nSPS) is 12.4. The van der Waals surface area contributed by atoms with Gasteiger partial charge in [-0.3, -0.25) is 0 Å². The number of nitrogens with zero attached hydrogens (tertiary/aromatic N) is 2. The van der Waals surface area contributed by atoms with E-state index in [-0.39, 0.29) is 5.38 Å². The van der Waals surface area contributed by atoms with E-state index in [9.17, 15) is 0 Å². The first kappa shape index (κ1) is 13.9. The van der Waals surface area contributed by atoms with Gasteiger partial charge in [-0.05, 0) is 25.5 Å². The largest absolute Gasteiger partial charge is 0.493 e. The fourth-order valence-corrected chi connectivity index (χ4v) is 2.09. The van der Waals surface area contributed by atoms with E-state index >= 15 is 0 Å². The van der Waals surface area contributed by atoms with Crippen LogP contribution < -0.4 is 4.74 Å². The van der Waals surface area contributed by atoms with Crippen LogP contribution in [0, 0.1) is 0 Å². The SMILES string of the molecule is CCCC(Cl)c1noc(-c2ccccc2OCC)n1. The number of benzene rings is 1. The average molecular weight is 281 g/mol. The molecule has 0 aliphatic carbocycles. The Labute approximate surface area is 117 Å². The van der Waals surface area contributed by atoms with E-state index in [0.29, 0.717) is 18.3 Å². The number of hydrogen-bond acceptors (Lipinski definition) is 4. The summed E-state index contributed by atoms with van der Waals surface area (Å²) in [5.74, 6) is 1.72. The van der Waals surface area contributed by atoms with Crippen LogP contribution in [-0.2, 0) is 0 Å². The Hall–Kier alpha value is -1.55. The third kappa shape index (κ3) is 3.26. The second kappa shape index (κ2) is 6.57. The summed E-state index contributed by atoms with van der Waals surface area (Å²) in [6.45, 7) is 4.60. The van der Waals surface area contributed by atoms with Crippen LogP contribution in [0.5, 0.6) is 5.75 Å². The molecule has 1 aromatic carbocycles. The van der Waals surface area contributed by atoms with Crippen molar-refractivity contribution in [2.45, 2.75) is 32.1 Å². The van der Waals surface area contributed by atoms with E-state index < -0.39 is 0 Å². The van der Waals surface area contributed by atoms with Crippen LogP contribution in [0.3, 0.4) is 0 Å². The maximum Gasteiger partial charge on any atom is 0.261 e. The van der Waals surface area contributed by atoms with E-state index in [2.05, 4.69) is 17.1 Å². The number of rotatable bonds is 6. The van der Waals surface area contributed by atoms with Gasteiger partial charge < -0.3 is 9.26 Å². The van der Waals surface area contributed by atoms with Gasteiger partial charge in [0, 0.05) is 0 Å². The van der Waals surface area contributed by atoms with Crippen molar-refractivity contribution in [3.8, 4) is 17.2 Å². The number of para-hydroxylation sites is 1. The minimum Gasteiger partial charge on any atom is -0.493 e. The molecule has 0 amide bonds. The van der Waals surface area contributed by atoms with E-state index in [4.69, 9.17) is 20.9 Å². The van der Waals surface area contributed by atoms with Gasteiger partial charge in [-0.25, -0.2) is 0 Å². The molecule has 0 N–H and O–H groups in total. The molecule has 1 heterocycles. The number of hydrogen-bond donors (Lipinski definition) is 0. The summed E-state index contributed by atoms with van der Waals surface area (Å²) in [5.41, 5.74) is 0.795. The highest BCUT2D eigenvalue weighted by molar-refractivity contribution is 6.20. The zero-order valence-corrected chi connectivity index (χ0v) is 11.9. The molecule has 1 aromatic heterocycles. The van der Waals surface area contributed by atoms with Crippen molar-refractivity contribution in [3.05, 3.63) is 30.1 Å². The molecule has 102 valence electrons. The first-order chi connectivity index (χ1) is 9.26. The minimum absolute atomic E-state index is 0.207. The van der Waals surface area contributed by atoms with Gasteiger partial charge in [-0.15, -0.1) is 11.6 Å². The van der Waals surface area contributed by atoms with Gasteiger partial charge in [0.1, 0.15) is 5.75 Å². The van der Waals surface area contributed by atoms with Crippen molar-refractivity contribution >= 4 is 11.6 Å². The lowest BCUT2D eigenvalue weighted by Gasteiger charge is -2.05. The summed E-state index contributed by atoms with van der Waals surface area (Å²) in [6.07, 6.45) is 1.81. The molecule has 0 saturated heterocycles. The molecule has 0 bridgehead atoms. The van der Waals surface area contributed by atoms with Crippen molar-refractivity contribution in [1.82, 2.24) is 10.1 Å². The molecule has 5 heteroatoms.